The summed E-state index contributed by atoms with van der Waals surface area (Å²) in [6, 6.07) is 11.3. The van der Waals surface area contributed by atoms with Gasteiger partial charge in [-0.2, -0.15) is 4.31 Å². The van der Waals surface area contributed by atoms with Crippen LogP contribution in [0.25, 0.3) is 11.5 Å². The molecule has 33 heavy (non-hydrogen) atoms. The first kappa shape index (κ1) is 23.2. The summed E-state index contributed by atoms with van der Waals surface area (Å²) < 4.78 is 38.2. The Bertz CT molecular complexity index is 1270. The Morgan fingerprint density at radius 1 is 1.15 bits per heavy atom. The van der Waals surface area contributed by atoms with Gasteiger partial charge in [0.2, 0.25) is 15.9 Å². The van der Waals surface area contributed by atoms with E-state index in [9.17, 15) is 18.3 Å². The van der Waals surface area contributed by atoms with Crippen molar-refractivity contribution in [2.45, 2.75) is 50.8 Å². The van der Waals surface area contributed by atoms with Gasteiger partial charge in [-0.25, -0.2) is 13.4 Å². The first-order valence-corrected chi connectivity index (χ1v) is 12.0. The van der Waals surface area contributed by atoms with Crippen LogP contribution in [-0.4, -0.2) is 47.5 Å². The van der Waals surface area contributed by atoms with E-state index in [1.807, 2.05) is 45.0 Å². The number of ether oxygens (including phenoxy) is 1. The van der Waals surface area contributed by atoms with Crippen LogP contribution in [0.1, 0.15) is 28.8 Å². The predicted octanol–water partition coefficient (Wildman–Crippen LogP) is 3.13. The Kier molecular flexibility index (Phi) is 6.38. The minimum atomic E-state index is -3.99. The molecule has 3 aromatic rings. The van der Waals surface area contributed by atoms with E-state index in [1.165, 1.54) is 12.3 Å². The number of oxazole rings is 1. The van der Waals surface area contributed by atoms with E-state index in [0.717, 1.165) is 26.6 Å². The van der Waals surface area contributed by atoms with Crippen LogP contribution in [0, 0.1) is 20.8 Å². The lowest BCUT2D eigenvalue weighted by Gasteiger charge is -2.22. The minimum absolute atomic E-state index is 0.0314. The van der Waals surface area contributed by atoms with Gasteiger partial charge in [0, 0.05) is 18.5 Å². The largest absolute Gasteiger partial charge is 0.458 e. The second-order valence-electron chi connectivity index (χ2n) is 8.34. The fraction of sp³-hybridized carbons (Fsp3) is 0.333. The standard InChI is InChI=1S/C24H26N2O6S/c1-15-4-7-18(8-5-15)23-25-19(13-31-23)14-32-24(28)22-11-20(27)12-26(22)33(29,30)21-9-6-16(2)17(3)10-21/h4-10,13,20,22,27H,11-12,14H2,1-3H3/t20?,22-/m0/s1. The SMILES string of the molecule is Cc1ccc(-c2nc(COC(=O)[C@@H]3CC(O)CN3S(=O)(=O)c3ccc(C)c(C)c3)co2)cc1. The monoisotopic (exact) mass is 470 g/mol. The lowest BCUT2D eigenvalue weighted by atomic mass is 10.1. The van der Waals surface area contributed by atoms with Gasteiger partial charge in [0.15, 0.2) is 0 Å². The van der Waals surface area contributed by atoms with Gasteiger partial charge >= 0.3 is 5.97 Å². The number of aliphatic hydroxyl groups excluding tert-OH is 1. The maximum Gasteiger partial charge on any atom is 0.324 e. The van der Waals surface area contributed by atoms with E-state index in [4.69, 9.17) is 9.15 Å². The van der Waals surface area contributed by atoms with Crippen molar-refractivity contribution in [1.82, 2.24) is 9.29 Å². The van der Waals surface area contributed by atoms with Crippen LogP contribution < -0.4 is 0 Å². The molecule has 1 fully saturated rings. The molecule has 174 valence electrons. The molecular weight excluding hydrogens is 444 g/mol. The fourth-order valence-corrected chi connectivity index (χ4v) is 5.43. The lowest BCUT2D eigenvalue weighted by Crippen LogP contribution is -2.41. The quantitative estimate of drug-likeness (QED) is 0.551. The Hall–Kier alpha value is -3.01. The maximum absolute atomic E-state index is 13.2. The van der Waals surface area contributed by atoms with E-state index in [1.54, 1.807) is 12.1 Å². The summed E-state index contributed by atoms with van der Waals surface area (Å²) in [5.41, 5.74) is 4.09. The molecule has 2 aromatic carbocycles. The zero-order chi connectivity index (χ0) is 23.8. The molecule has 2 heterocycles. The van der Waals surface area contributed by atoms with Gasteiger partial charge in [-0.3, -0.25) is 4.79 Å². The molecule has 1 aliphatic rings. The molecule has 0 saturated carbocycles. The number of hydrogen-bond donors (Lipinski definition) is 1. The lowest BCUT2D eigenvalue weighted by molar-refractivity contribution is -0.149. The van der Waals surface area contributed by atoms with Gasteiger partial charge in [-0.05, 0) is 56.2 Å². The second kappa shape index (κ2) is 9.09. The molecule has 1 aromatic heterocycles. The molecule has 2 atom stereocenters. The number of carbonyl (C=O) groups is 1. The van der Waals surface area contributed by atoms with Crippen molar-refractivity contribution in [3.8, 4) is 11.5 Å². The number of aromatic nitrogens is 1. The van der Waals surface area contributed by atoms with Gasteiger partial charge in [-0.1, -0.05) is 23.8 Å². The average molecular weight is 471 g/mol. The zero-order valence-electron chi connectivity index (χ0n) is 18.7. The molecule has 1 unspecified atom stereocenters. The zero-order valence-corrected chi connectivity index (χ0v) is 19.5. The molecule has 1 aliphatic heterocycles. The molecule has 9 heteroatoms. The molecule has 1 N–H and O–H groups in total. The van der Waals surface area contributed by atoms with E-state index in [0.29, 0.717) is 11.6 Å². The van der Waals surface area contributed by atoms with Crippen molar-refractivity contribution >= 4 is 16.0 Å². The number of rotatable bonds is 6. The van der Waals surface area contributed by atoms with Crippen molar-refractivity contribution in [1.29, 1.82) is 0 Å². The summed E-state index contributed by atoms with van der Waals surface area (Å²) in [4.78, 5) is 17.2. The highest BCUT2D eigenvalue weighted by Crippen LogP contribution is 2.28. The molecule has 0 aliphatic carbocycles. The van der Waals surface area contributed by atoms with Crippen molar-refractivity contribution in [3.63, 3.8) is 0 Å². The minimum Gasteiger partial charge on any atom is -0.458 e. The highest BCUT2D eigenvalue weighted by atomic mass is 32.2. The van der Waals surface area contributed by atoms with E-state index < -0.39 is 28.1 Å². The van der Waals surface area contributed by atoms with Crippen LogP contribution in [0.4, 0.5) is 0 Å². The Labute approximate surface area is 192 Å². The molecular formula is C24H26N2O6S. The predicted molar refractivity (Wildman–Crippen MR) is 121 cm³/mol. The number of nitrogens with zero attached hydrogens (tertiary/aromatic N) is 2. The third-order valence-corrected chi connectivity index (χ3v) is 7.67. The number of aliphatic hydroxyl groups is 1. The molecule has 0 amide bonds. The fourth-order valence-electron chi connectivity index (χ4n) is 3.72. The van der Waals surface area contributed by atoms with Crippen molar-refractivity contribution in [2.24, 2.45) is 0 Å². The third-order valence-electron chi connectivity index (χ3n) is 5.80. The Balaban J connectivity index is 1.47. The van der Waals surface area contributed by atoms with Crippen LogP contribution in [0.15, 0.2) is 58.0 Å². The van der Waals surface area contributed by atoms with Gasteiger partial charge in [0.1, 0.15) is 24.6 Å². The summed E-state index contributed by atoms with van der Waals surface area (Å²) in [6.07, 6.45) is 0.412. The molecule has 8 nitrogen and oxygen atoms in total. The summed E-state index contributed by atoms with van der Waals surface area (Å²) in [7, 11) is -3.99. The van der Waals surface area contributed by atoms with Crippen molar-refractivity contribution in [2.75, 3.05) is 6.54 Å². The number of β-amino-alcohol motifs (C(OH)–C–C–N with tert-alkyl or cyclic N) is 1. The topological polar surface area (TPSA) is 110 Å². The number of hydrogen-bond acceptors (Lipinski definition) is 7. The van der Waals surface area contributed by atoms with Gasteiger partial charge < -0.3 is 14.3 Å². The van der Waals surface area contributed by atoms with Crippen LogP contribution in [0.3, 0.4) is 0 Å². The number of carbonyl (C=O) groups excluding carboxylic acids is 1. The van der Waals surface area contributed by atoms with Crippen LogP contribution in [-0.2, 0) is 26.2 Å². The summed E-state index contributed by atoms with van der Waals surface area (Å²) in [5.74, 6) is -0.338. The summed E-state index contributed by atoms with van der Waals surface area (Å²) in [6.45, 7) is 5.35. The first-order valence-electron chi connectivity index (χ1n) is 10.6. The van der Waals surface area contributed by atoms with E-state index in [2.05, 4.69) is 4.98 Å². The van der Waals surface area contributed by atoms with Crippen molar-refractivity contribution < 1.29 is 27.5 Å². The third kappa shape index (κ3) is 4.85. The Morgan fingerprint density at radius 2 is 1.88 bits per heavy atom. The summed E-state index contributed by atoms with van der Waals surface area (Å²) >= 11 is 0. The number of sulfonamides is 1. The number of aryl methyl sites for hydroxylation is 3. The molecule has 0 spiro atoms. The Morgan fingerprint density at radius 3 is 2.58 bits per heavy atom. The number of esters is 1. The second-order valence-corrected chi connectivity index (χ2v) is 10.2. The van der Waals surface area contributed by atoms with E-state index >= 15 is 0 Å². The summed E-state index contributed by atoms with van der Waals surface area (Å²) in [5, 5.41) is 10.1. The van der Waals surface area contributed by atoms with Crippen LogP contribution in [0.2, 0.25) is 0 Å². The molecule has 0 radical (unpaired) electrons. The maximum atomic E-state index is 13.2. The first-order chi connectivity index (χ1) is 15.6. The molecule has 1 saturated heterocycles. The van der Waals surface area contributed by atoms with Crippen LogP contribution >= 0.6 is 0 Å². The smallest absolute Gasteiger partial charge is 0.324 e. The highest BCUT2D eigenvalue weighted by molar-refractivity contribution is 7.89. The van der Waals surface area contributed by atoms with Crippen molar-refractivity contribution in [3.05, 3.63) is 71.1 Å². The molecule has 4 rings (SSSR count). The highest BCUT2D eigenvalue weighted by Gasteiger charge is 2.44. The van der Waals surface area contributed by atoms with Gasteiger partial charge in [0.25, 0.3) is 0 Å². The van der Waals surface area contributed by atoms with E-state index in [-0.39, 0.29) is 24.5 Å². The normalized spacial score (nSPS) is 19.0. The molecule has 0 bridgehead atoms. The van der Waals surface area contributed by atoms with Crippen LogP contribution in [0.5, 0.6) is 0 Å². The number of benzene rings is 2. The van der Waals surface area contributed by atoms with Gasteiger partial charge in [0.05, 0.1) is 11.0 Å². The van der Waals surface area contributed by atoms with Gasteiger partial charge in [-0.15, -0.1) is 0 Å². The average Bonchev–Trinajstić information content (AvgIpc) is 3.41.